The van der Waals surface area contributed by atoms with E-state index in [4.69, 9.17) is 0 Å². The van der Waals surface area contributed by atoms with Crippen molar-refractivity contribution in [1.29, 1.82) is 0 Å². The highest BCUT2D eigenvalue weighted by atomic mass is 16.3. The molecule has 0 amide bonds. The molecule has 2 rings (SSSR count). The minimum absolute atomic E-state index is 0.304. The monoisotopic (exact) mass is 270 g/mol. The third-order valence-electron chi connectivity index (χ3n) is 3.82. The van der Waals surface area contributed by atoms with E-state index < -0.39 is 0 Å². The number of aromatic hydroxyl groups is 2. The lowest BCUT2D eigenvalue weighted by Crippen LogP contribution is -2.02. The van der Waals surface area contributed by atoms with Crippen LogP contribution < -0.4 is 0 Å². The molecule has 2 aromatic carbocycles. The second-order valence-corrected chi connectivity index (χ2v) is 5.43. The van der Waals surface area contributed by atoms with Crippen molar-refractivity contribution < 1.29 is 10.2 Å². The second-order valence-electron chi connectivity index (χ2n) is 5.43. The van der Waals surface area contributed by atoms with E-state index in [0.717, 1.165) is 24.0 Å². The van der Waals surface area contributed by atoms with E-state index in [2.05, 4.69) is 19.1 Å². The summed E-state index contributed by atoms with van der Waals surface area (Å²) in [5, 5.41) is 19.3. The van der Waals surface area contributed by atoms with Gasteiger partial charge in [-0.2, -0.15) is 0 Å². The zero-order valence-corrected chi connectivity index (χ0v) is 12.4. The minimum atomic E-state index is 0.304. The molecule has 2 N–H and O–H groups in total. The molecule has 0 aliphatic heterocycles. The lowest BCUT2D eigenvalue weighted by atomic mass is 9.86. The summed E-state index contributed by atoms with van der Waals surface area (Å²) >= 11 is 0. The molecule has 2 aromatic rings. The first kappa shape index (κ1) is 14.4. The fraction of sp³-hybridized carbons (Fsp3) is 0.333. The standard InChI is InChI=1S/C18H22O2/c1-4-5-16(14-6-8-17(19)12(2)10-14)15-7-9-18(20)13(3)11-15/h6-11,16,19-20H,4-5H2,1-3H3. The van der Waals surface area contributed by atoms with Crippen LogP contribution in [0.15, 0.2) is 36.4 Å². The smallest absolute Gasteiger partial charge is 0.118 e. The molecule has 0 atom stereocenters. The Balaban J connectivity index is 2.44. The van der Waals surface area contributed by atoms with Gasteiger partial charge in [0.05, 0.1) is 0 Å². The van der Waals surface area contributed by atoms with Gasteiger partial charge in [0.25, 0.3) is 0 Å². The van der Waals surface area contributed by atoms with Gasteiger partial charge < -0.3 is 10.2 Å². The molecule has 0 spiro atoms. The highest BCUT2D eigenvalue weighted by Gasteiger charge is 2.15. The van der Waals surface area contributed by atoms with Crippen LogP contribution in [-0.4, -0.2) is 10.2 Å². The highest BCUT2D eigenvalue weighted by Crippen LogP contribution is 2.33. The highest BCUT2D eigenvalue weighted by molar-refractivity contribution is 5.43. The molecule has 0 aliphatic rings. The fourth-order valence-electron chi connectivity index (χ4n) is 2.61. The van der Waals surface area contributed by atoms with E-state index >= 15 is 0 Å². The summed E-state index contributed by atoms with van der Waals surface area (Å²) < 4.78 is 0. The zero-order valence-electron chi connectivity index (χ0n) is 12.4. The molecule has 2 nitrogen and oxygen atoms in total. The molecule has 0 bridgehead atoms. The summed E-state index contributed by atoms with van der Waals surface area (Å²) in [6, 6.07) is 11.6. The normalized spacial score (nSPS) is 11.0. The lowest BCUT2D eigenvalue weighted by Gasteiger charge is -2.19. The van der Waals surface area contributed by atoms with Crippen molar-refractivity contribution in [3.8, 4) is 11.5 Å². The van der Waals surface area contributed by atoms with Crippen LogP contribution in [0.2, 0.25) is 0 Å². The van der Waals surface area contributed by atoms with E-state index in [1.54, 1.807) is 12.1 Å². The Hall–Kier alpha value is -1.96. The Kier molecular flexibility index (Phi) is 4.33. The number of hydrogen-bond donors (Lipinski definition) is 2. The molecule has 0 aliphatic carbocycles. The van der Waals surface area contributed by atoms with Crippen LogP contribution in [0.3, 0.4) is 0 Å². The molecule has 2 heteroatoms. The fourth-order valence-corrected chi connectivity index (χ4v) is 2.61. The number of phenolic OH excluding ortho intramolecular Hbond substituents is 2. The van der Waals surface area contributed by atoms with Crippen LogP contribution in [0.25, 0.3) is 0 Å². The van der Waals surface area contributed by atoms with Gasteiger partial charge in [-0.1, -0.05) is 37.6 Å². The maximum Gasteiger partial charge on any atom is 0.118 e. The summed E-state index contributed by atoms with van der Waals surface area (Å²) in [7, 11) is 0. The number of aryl methyl sites for hydroxylation is 2. The van der Waals surface area contributed by atoms with Crippen molar-refractivity contribution >= 4 is 0 Å². The molecule has 0 fully saturated rings. The first-order chi connectivity index (χ1) is 9.52. The molecular weight excluding hydrogens is 248 g/mol. The average molecular weight is 270 g/mol. The summed E-state index contributed by atoms with van der Waals surface area (Å²) in [5.41, 5.74) is 4.23. The van der Waals surface area contributed by atoms with Crippen LogP contribution in [0.5, 0.6) is 11.5 Å². The van der Waals surface area contributed by atoms with Crippen molar-refractivity contribution in [2.45, 2.75) is 39.5 Å². The van der Waals surface area contributed by atoms with Gasteiger partial charge >= 0.3 is 0 Å². The topological polar surface area (TPSA) is 40.5 Å². The Morgan fingerprint density at radius 1 is 0.850 bits per heavy atom. The number of hydrogen-bond acceptors (Lipinski definition) is 2. The van der Waals surface area contributed by atoms with E-state index in [9.17, 15) is 10.2 Å². The maximum absolute atomic E-state index is 9.67. The molecule has 0 heterocycles. The first-order valence-electron chi connectivity index (χ1n) is 7.12. The van der Waals surface area contributed by atoms with Gasteiger partial charge in [-0.05, 0) is 54.7 Å². The summed E-state index contributed by atoms with van der Waals surface area (Å²) in [6.45, 7) is 6.02. The molecule has 106 valence electrons. The lowest BCUT2D eigenvalue weighted by molar-refractivity contribution is 0.470. The van der Waals surface area contributed by atoms with Crippen molar-refractivity contribution in [3.63, 3.8) is 0 Å². The Bertz CT molecular complexity index is 551. The van der Waals surface area contributed by atoms with Crippen LogP contribution >= 0.6 is 0 Å². The zero-order chi connectivity index (χ0) is 14.7. The van der Waals surface area contributed by atoms with Crippen LogP contribution in [-0.2, 0) is 0 Å². The number of phenols is 2. The van der Waals surface area contributed by atoms with Gasteiger partial charge in [0.15, 0.2) is 0 Å². The van der Waals surface area contributed by atoms with Gasteiger partial charge in [-0.15, -0.1) is 0 Å². The second kappa shape index (κ2) is 6.00. The third-order valence-corrected chi connectivity index (χ3v) is 3.82. The van der Waals surface area contributed by atoms with Crippen LogP contribution in [0, 0.1) is 13.8 Å². The van der Waals surface area contributed by atoms with E-state index in [1.165, 1.54) is 11.1 Å². The first-order valence-corrected chi connectivity index (χ1v) is 7.12. The van der Waals surface area contributed by atoms with E-state index in [1.807, 2.05) is 26.0 Å². The Labute approximate surface area is 120 Å². The van der Waals surface area contributed by atoms with Gasteiger partial charge in [0, 0.05) is 5.92 Å². The van der Waals surface area contributed by atoms with Crippen molar-refractivity contribution in [1.82, 2.24) is 0 Å². The number of rotatable bonds is 4. The van der Waals surface area contributed by atoms with E-state index in [0.29, 0.717) is 17.4 Å². The van der Waals surface area contributed by atoms with Crippen molar-refractivity contribution in [2.75, 3.05) is 0 Å². The minimum Gasteiger partial charge on any atom is -0.508 e. The molecule has 0 saturated heterocycles. The SMILES string of the molecule is CCCC(c1ccc(O)c(C)c1)c1ccc(O)c(C)c1. The average Bonchev–Trinajstić information content (AvgIpc) is 2.43. The predicted octanol–water partition coefficient (Wildman–Crippen LogP) is 4.65. The summed E-state index contributed by atoms with van der Waals surface area (Å²) in [6.07, 6.45) is 2.14. The Morgan fingerprint density at radius 3 is 1.65 bits per heavy atom. The van der Waals surface area contributed by atoms with Crippen LogP contribution in [0.4, 0.5) is 0 Å². The molecular formula is C18H22O2. The number of benzene rings is 2. The third kappa shape index (κ3) is 2.96. The summed E-state index contributed by atoms with van der Waals surface area (Å²) in [4.78, 5) is 0. The quantitative estimate of drug-likeness (QED) is 0.849. The molecule has 0 radical (unpaired) electrons. The van der Waals surface area contributed by atoms with Gasteiger partial charge in [0.1, 0.15) is 11.5 Å². The Morgan fingerprint density at radius 2 is 1.30 bits per heavy atom. The largest absolute Gasteiger partial charge is 0.508 e. The van der Waals surface area contributed by atoms with Gasteiger partial charge in [0.2, 0.25) is 0 Å². The molecule has 0 aromatic heterocycles. The maximum atomic E-state index is 9.67. The van der Waals surface area contributed by atoms with E-state index in [-0.39, 0.29) is 0 Å². The van der Waals surface area contributed by atoms with Crippen LogP contribution in [0.1, 0.15) is 47.9 Å². The summed E-state index contributed by atoms with van der Waals surface area (Å²) in [5.74, 6) is 0.982. The van der Waals surface area contributed by atoms with Gasteiger partial charge in [-0.25, -0.2) is 0 Å². The van der Waals surface area contributed by atoms with Crippen molar-refractivity contribution in [3.05, 3.63) is 58.7 Å². The molecule has 0 saturated carbocycles. The van der Waals surface area contributed by atoms with Crippen molar-refractivity contribution in [2.24, 2.45) is 0 Å². The molecule has 0 unspecified atom stereocenters. The van der Waals surface area contributed by atoms with Gasteiger partial charge in [-0.3, -0.25) is 0 Å². The predicted molar refractivity (Wildman–Crippen MR) is 82.4 cm³/mol. The molecule has 20 heavy (non-hydrogen) atoms.